The van der Waals surface area contributed by atoms with Gasteiger partial charge in [-0.2, -0.15) is 0 Å². The van der Waals surface area contributed by atoms with Crippen molar-refractivity contribution >= 4 is 15.7 Å². The molecule has 4 nitrogen and oxygen atoms in total. The van der Waals surface area contributed by atoms with Crippen molar-refractivity contribution in [3.8, 4) is 0 Å². The van der Waals surface area contributed by atoms with E-state index in [0.717, 1.165) is 23.0 Å². The maximum atomic E-state index is 12.5. The number of nitrogens with two attached hydrogens (primary N) is 1. The number of aryl methyl sites for hydroxylation is 1. The van der Waals surface area contributed by atoms with Crippen molar-refractivity contribution in [2.75, 3.05) is 12.3 Å². The highest BCUT2D eigenvalue weighted by atomic mass is 32.2. The zero-order chi connectivity index (χ0) is 15.2. The number of nitrogen functional groups attached to an aromatic ring is 1. The molecule has 2 fully saturated rings. The Hall–Kier alpha value is -1.07. The first kappa shape index (κ1) is 14.9. The van der Waals surface area contributed by atoms with E-state index in [9.17, 15) is 8.42 Å². The number of anilines is 1. The van der Waals surface area contributed by atoms with Gasteiger partial charge in [-0.1, -0.05) is 0 Å². The van der Waals surface area contributed by atoms with Crippen LogP contribution in [0.15, 0.2) is 17.0 Å². The van der Waals surface area contributed by atoms with Crippen molar-refractivity contribution < 1.29 is 8.42 Å². The minimum absolute atomic E-state index is 0.286. The predicted molar refractivity (Wildman–Crippen MR) is 84.5 cm³/mol. The van der Waals surface area contributed by atoms with Crippen molar-refractivity contribution in [1.82, 2.24) is 4.72 Å². The van der Waals surface area contributed by atoms with Gasteiger partial charge in [0, 0.05) is 12.2 Å². The van der Waals surface area contributed by atoms with Crippen LogP contribution < -0.4 is 10.5 Å². The van der Waals surface area contributed by atoms with Crippen LogP contribution >= 0.6 is 0 Å². The number of sulfonamides is 1. The lowest BCUT2D eigenvalue weighted by atomic mass is 9.99. The summed E-state index contributed by atoms with van der Waals surface area (Å²) in [5.74, 6) is 2.01. The second-order valence-electron chi connectivity index (χ2n) is 6.65. The molecular weight excluding hydrogens is 284 g/mol. The van der Waals surface area contributed by atoms with Crippen LogP contribution in [0.4, 0.5) is 5.69 Å². The van der Waals surface area contributed by atoms with E-state index in [4.69, 9.17) is 5.73 Å². The molecule has 0 atom stereocenters. The van der Waals surface area contributed by atoms with E-state index in [1.54, 1.807) is 12.1 Å². The van der Waals surface area contributed by atoms with Gasteiger partial charge in [-0.3, -0.25) is 0 Å². The highest BCUT2D eigenvalue weighted by Crippen LogP contribution is 2.48. The number of benzene rings is 1. The lowest BCUT2D eigenvalue weighted by Gasteiger charge is -2.17. The highest BCUT2D eigenvalue weighted by Gasteiger charge is 2.41. The third-order valence-corrected chi connectivity index (χ3v) is 6.36. The Morgan fingerprint density at radius 3 is 2.24 bits per heavy atom. The molecule has 0 amide bonds. The van der Waals surface area contributed by atoms with Crippen molar-refractivity contribution in [3.05, 3.63) is 23.3 Å². The van der Waals surface area contributed by atoms with Crippen molar-refractivity contribution in [3.63, 3.8) is 0 Å². The van der Waals surface area contributed by atoms with E-state index < -0.39 is 10.0 Å². The van der Waals surface area contributed by atoms with Gasteiger partial charge in [0.05, 0.1) is 4.90 Å². The fourth-order valence-electron chi connectivity index (χ4n) is 3.06. The van der Waals surface area contributed by atoms with E-state index >= 15 is 0 Å². The molecule has 2 saturated carbocycles. The zero-order valence-electron chi connectivity index (χ0n) is 12.7. The largest absolute Gasteiger partial charge is 0.398 e. The lowest BCUT2D eigenvalue weighted by molar-refractivity contribution is 0.401. The Morgan fingerprint density at radius 2 is 1.76 bits per heavy atom. The molecule has 0 aromatic heterocycles. The summed E-state index contributed by atoms with van der Waals surface area (Å²) in [6.45, 7) is 4.37. The molecule has 21 heavy (non-hydrogen) atoms. The summed E-state index contributed by atoms with van der Waals surface area (Å²) >= 11 is 0. The quantitative estimate of drug-likeness (QED) is 0.793. The highest BCUT2D eigenvalue weighted by molar-refractivity contribution is 7.89. The minimum Gasteiger partial charge on any atom is -0.398 e. The van der Waals surface area contributed by atoms with Crippen molar-refractivity contribution in [1.29, 1.82) is 0 Å². The molecule has 0 heterocycles. The Kier molecular flexibility index (Phi) is 3.74. The molecule has 2 aliphatic rings. The summed E-state index contributed by atoms with van der Waals surface area (Å²) < 4.78 is 27.8. The first-order valence-corrected chi connectivity index (χ1v) is 9.23. The van der Waals surface area contributed by atoms with Crippen molar-refractivity contribution in [2.24, 2.45) is 17.8 Å². The first-order chi connectivity index (χ1) is 9.88. The van der Waals surface area contributed by atoms with Gasteiger partial charge < -0.3 is 5.73 Å². The molecule has 3 rings (SSSR count). The van der Waals surface area contributed by atoms with Gasteiger partial charge >= 0.3 is 0 Å². The van der Waals surface area contributed by atoms with E-state index in [1.165, 1.54) is 25.7 Å². The van der Waals surface area contributed by atoms with Gasteiger partial charge in [0.15, 0.2) is 0 Å². The Balaban J connectivity index is 1.74. The molecule has 0 saturated heterocycles. The standard InChI is InChI=1S/C16H24N2O2S/c1-10-7-14(8-16(17)11(10)2)21(19,20)18-9-15(12-3-4-12)13-5-6-13/h7-8,12-13,15,18H,3-6,9,17H2,1-2H3. The summed E-state index contributed by atoms with van der Waals surface area (Å²) in [7, 11) is -3.46. The van der Waals surface area contributed by atoms with E-state index in [1.807, 2.05) is 13.8 Å². The minimum atomic E-state index is -3.46. The Morgan fingerprint density at radius 1 is 1.19 bits per heavy atom. The van der Waals surface area contributed by atoms with Gasteiger partial charge in [-0.25, -0.2) is 13.1 Å². The van der Waals surface area contributed by atoms with E-state index in [0.29, 0.717) is 18.2 Å². The fraction of sp³-hybridized carbons (Fsp3) is 0.625. The summed E-state index contributed by atoms with van der Waals surface area (Å²) in [6.07, 6.45) is 5.05. The average Bonchev–Trinajstić information content (AvgIpc) is 3.27. The molecule has 0 unspecified atom stereocenters. The second kappa shape index (κ2) is 5.29. The van der Waals surface area contributed by atoms with Crippen LogP contribution in [0, 0.1) is 31.6 Å². The number of hydrogen-bond donors (Lipinski definition) is 2. The van der Waals surface area contributed by atoms with Crippen LogP contribution in [0.1, 0.15) is 36.8 Å². The van der Waals surface area contributed by atoms with E-state index in [2.05, 4.69) is 4.72 Å². The van der Waals surface area contributed by atoms with Crippen LogP contribution in [0.5, 0.6) is 0 Å². The van der Waals surface area contributed by atoms with Gasteiger partial charge in [0.2, 0.25) is 10.0 Å². The normalized spacial score (nSPS) is 19.2. The third kappa shape index (κ3) is 3.24. The average molecular weight is 308 g/mol. The number of rotatable bonds is 6. The Labute approximate surface area is 127 Å². The SMILES string of the molecule is Cc1cc(S(=O)(=O)NCC(C2CC2)C2CC2)cc(N)c1C. The van der Waals surface area contributed by atoms with Crippen LogP contribution in [-0.2, 0) is 10.0 Å². The topological polar surface area (TPSA) is 72.2 Å². The Bertz CT molecular complexity index is 611. The maximum Gasteiger partial charge on any atom is 0.240 e. The van der Waals surface area contributed by atoms with Crippen LogP contribution in [-0.4, -0.2) is 15.0 Å². The first-order valence-electron chi connectivity index (χ1n) is 7.75. The van der Waals surface area contributed by atoms with Crippen LogP contribution in [0.3, 0.4) is 0 Å². The molecule has 0 aliphatic heterocycles. The molecule has 1 aromatic carbocycles. The lowest BCUT2D eigenvalue weighted by Crippen LogP contribution is -2.31. The van der Waals surface area contributed by atoms with Gasteiger partial charge in [0.25, 0.3) is 0 Å². The van der Waals surface area contributed by atoms with Crippen LogP contribution in [0.2, 0.25) is 0 Å². The molecule has 116 valence electrons. The molecule has 5 heteroatoms. The summed E-state index contributed by atoms with van der Waals surface area (Å²) in [5, 5.41) is 0. The monoisotopic (exact) mass is 308 g/mol. The van der Waals surface area contributed by atoms with Gasteiger partial charge in [-0.15, -0.1) is 0 Å². The second-order valence-corrected chi connectivity index (χ2v) is 8.41. The third-order valence-electron chi connectivity index (χ3n) is 4.96. The molecule has 0 radical (unpaired) electrons. The summed E-state index contributed by atoms with van der Waals surface area (Å²) in [4.78, 5) is 0.286. The molecule has 1 aromatic rings. The number of hydrogen-bond acceptors (Lipinski definition) is 3. The summed E-state index contributed by atoms with van der Waals surface area (Å²) in [6, 6.07) is 3.27. The predicted octanol–water partition coefficient (Wildman–Crippen LogP) is 2.60. The smallest absolute Gasteiger partial charge is 0.240 e. The van der Waals surface area contributed by atoms with Crippen LogP contribution in [0.25, 0.3) is 0 Å². The maximum absolute atomic E-state index is 12.5. The van der Waals surface area contributed by atoms with E-state index in [-0.39, 0.29) is 4.90 Å². The van der Waals surface area contributed by atoms with Gasteiger partial charge in [-0.05, 0) is 80.5 Å². The molecular formula is C16H24N2O2S. The zero-order valence-corrected chi connectivity index (χ0v) is 13.5. The van der Waals surface area contributed by atoms with Gasteiger partial charge in [0.1, 0.15) is 0 Å². The fourth-order valence-corrected chi connectivity index (χ4v) is 4.26. The van der Waals surface area contributed by atoms with Crippen molar-refractivity contribution in [2.45, 2.75) is 44.4 Å². The summed E-state index contributed by atoms with van der Waals surface area (Å²) in [5.41, 5.74) is 8.30. The molecule has 0 spiro atoms. The molecule has 0 bridgehead atoms. The number of nitrogens with one attached hydrogen (secondary N) is 1. The molecule has 2 aliphatic carbocycles. The molecule has 3 N–H and O–H groups in total.